The highest BCUT2D eigenvalue weighted by molar-refractivity contribution is 6.30. The van der Waals surface area contributed by atoms with Gasteiger partial charge in [-0.05, 0) is 42.8 Å². The van der Waals surface area contributed by atoms with Crippen molar-refractivity contribution < 1.29 is 14.4 Å². The standard InChI is InChI=1S/C19H18ClN3O3/c1-12-4-2-3-5-16(12)23-11-14(10-17(23)24)19(26)22-21-18(25)13-6-8-15(20)9-7-13/h2-9,14H,10-11H2,1H3,(H,21,25)(H,22,26)/t14-/m0/s1. The molecule has 0 unspecified atom stereocenters. The highest BCUT2D eigenvalue weighted by Crippen LogP contribution is 2.27. The maximum absolute atomic E-state index is 12.3. The first kappa shape index (κ1) is 17.9. The molecule has 0 spiro atoms. The van der Waals surface area contributed by atoms with Crippen LogP contribution in [0.25, 0.3) is 0 Å². The Labute approximate surface area is 156 Å². The minimum atomic E-state index is -0.521. The molecule has 1 heterocycles. The van der Waals surface area contributed by atoms with Gasteiger partial charge in [0.1, 0.15) is 0 Å². The van der Waals surface area contributed by atoms with Crippen LogP contribution in [0.5, 0.6) is 0 Å². The molecule has 2 aromatic carbocycles. The zero-order valence-corrected chi connectivity index (χ0v) is 14.9. The lowest BCUT2D eigenvalue weighted by molar-refractivity contribution is -0.126. The van der Waals surface area contributed by atoms with Gasteiger partial charge in [-0.2, -0.15) is 0 Å². The van der Waals surface area contributed by atoms with Crippen molar-refractivity contribution in [3.8, 4) is 0 Å². The Bertz CT molecular complexity index is 851. The molecule has 26 heavy (non-hydrogen) atoms. The summed E-state index contributed by atoms with van der Waals surface area (Å²) in [6.07, 6.45) is 0.108. The molecular formula is C19H18ClN3O3. The number of para-hydroxylation sites is 1. The number of halogens is 1. The number of hydrazine groups is 1. The van der Waals surface area contributed by atoms with Gasteiger partial charge in [0, 0.05) is 29.2 Å². The van der Waals surface area contributed by atoms with E-state index in [1.807, 2.05) is 31.2 Å². The van der Waals surface area contributed by atoms with E-state index in [1.54, 1.807) is 29.2 Å². The van der Waals surface area contributed by atoms with Crippen molar-refractivity contribution in [2.24, 2.45) is 5.92 Å². The van der Waals surface area contributed by atoms with Crippen LogP contribution in [-0.4, -0.2) is 24.3 Å². The molecule has 3 rings (SSSR count). The van der Waals surface area contributed by atoms with E-state index < -0.39 is 17.7 Å². The van der Waals surface area contributed by atoms with E-state index in [2.05, 4.69) is 10.9 Å². The molecule has 1 aliphatic heterocycles. The fourth-order valence-corrected chi connectivity index (χ4v) is 3.00. The van der Waals surface area contributed by atoms with Gasteiger partial charge in [-0.3, -0.25) is 25.2 Å². The molecule has 3 amide bonds. The van der Waals surface area contributed by atoms with Crippen LogP contribution in [-0.2, 0) is 9.59 Å². The Hall–Kier alpha value is -2.86. The first-order valence-electron chi connectivity index (χ1n) is 8.17. The number of aryl methyl sites for hydroxylation is 1. The Balaban J connectivity index is 1.59. The van der Waals surface area contributed by atoms with E-state index in [1.165, 1.54) is 0 Å². The molecule has 2 N–H and O–H groups in total. The van der Waals surface area contributed by atoms with Crippen LogP contribution < -0.4 is 15.8 Å². The molecule has 0 aliphatic carbocycles. The molecule has 1 atom stereocenters. The molecule has 1 aliphatic rings. The van der Waals surface area contributed by atoms with E-state index in [-0.39, 0.29) is 18.9 Å². The van der Waals surface area contributed by atoms with E-state index in [0.29, 0.717) is 10.6 Å². The van der Waals surface area contributed by atoms with Gasteiger partial charge < -0.3 is 4.90 Å². The normalized spacial score (nSPS) is 16.5. The Morgan fingerprint density at radius 1 is 1.08 bits per heavy atom. The zero-order chi connectivity index (χ0) is 18.7. The number of benzene rings is 2. The maximum atomic E-state index is 12.3. The lowest BCUT2D eigenvalue weighted by Gasteiger charge is -2.19. The van der Waals surface area contributed by atoms with E-state index in [0.717, 1.165) is 11.3 Å². The minimum absolute atomic E-state index is 0.108. The Kier molecular flexibility index (Phi) is 5.23. The fraction of sp³-hybridized carbons (Fsp3) is 0.211. The molecule has 134 valence electrons. The molecule has 6 nitrogen and oxygen atoms in total. The summed E-state index contributed by atoms with van der Waals surface area (Å²) in [5.74, 6) is -1.47. The monoisotopic (exact) mass is 371 g/mol. The average molecular weight is 372 g/mol. The van der Waals surface area contributed by atoms with Crippen molar-refractivity contribution in [2.45, 2.75) is 13.3 Å². The smallest absolute Gasteiger partial charge is 0.269 e. The van der Waals surface area contributed by atoms with Gasteiger partial charge in [0.05, 0.1) is 5.92 Å². The molecule has 2 aromatic rings. The highest BCUT2D eigenvalue weighted by atomic mass is 35.5. The summed E-state index contributed by atoms with van der Waals surface area (Å²) in [5.41, 5.74) is 6.91. The minimum Gasteiger partial charge on any atom is -0.311 e. The first-order chi connectivity index (χ1) is 12.5. The van der Waals surface area contributed by atoms with Gasteiger partial charge in [0.2, 0.25) is 11.8 Å². The fourth-order valence-electron chi connectivity index (χ4n) is 2.88. The number of carbonyl (C=O) groups excluding carboxylic acids is 3. The van der Waals surface area contributed by atoms with Crippen LogP contribution in [0.1, 0.15) is 22.3 Å². The van der Waals surface area contributed by atoms with Crippen LogP contribution in [0.4, 0.5) is 5.69 Å². The lowest BCUT2D eigenvalue weighted by atomic mass is 10.1. The molecule has 0 aromatic heterocycles. The molecule has 0 bridgehead atoms. The average Bonchev–Trinajstić information content (AvgIpc) is 3.02. The number of carbonyl (C=O) groups is 3. The van der Waals surface area contributed by atoms with Gasteiger partial charge in [-0.25, -0.2) is 0 Å². The predicted molar refractivity (Wildman–Crippen MR) is 98.7 cm³/mol. The lowest BCUT2D eigenvalue weighted by Crippen LogP contribution is -2.45. The second kappa shape index (κ2) is 7.58. The van der Waals surface area contributed by atoms with Crippen LogP contribution in [0.15, 0.2) is 48.5 Å². The zero-order valence-electron chi connectivity index (χ0n) is 14.2. The van der Waals surface area contributed by atoms with E-state index in [9.17, 15) is 14.4 Å². The van der Waals surface area contributed by atoms with Crippen molar-refractivity contribution in [3.05, 3.63) is 64.7 Å². The van der Waals surface area contributed by atoms with Gasteiger partial charge in [-0.15, -0.1) is 0 Å². The predicted octanol–water partition coefficient (Wildman–Crippen LogP) is 2.46. The van der Waals surface area contributed by atoms with Crippen molar-refractivity contribution in [1.82, 2.24) is 10.9 Å². The molecule has 0 radical (unpaired) electrons. The summed E-state index contributed by atoms with van der Waals surface area (Å²) in [6, 6.07) is 13.8. The number of hydrogen-bond donors (Lipinski definition) is 2. The number of nitrogens with one attached hydrogen (secondary N) is 2. The van der Waals surface area contributed by atoms with E-state index >= 15 is 0 Å². The number of hydrogen-bond acceptors (Lipinski definition) is 3. The third kappa shape index (κ3) is 3.86. The molecule has 1 saturated heterocycles. The van der Waals surface area contributed by atoms with Crippen LogP contribution in [0, 0.1) is 12.8 Å². The van der Waals surface area contributed by atoms with Crippen LogP contribution in [0.3, 0.4) is 0 Å². The number of amides is 3. The Morgan fingerprint density at radius 3 is 2.46 bits per heavy atom. The van der Waals surface area contributed by atoms with E-state index in [4.69, 9.17) is 11.6 Å². The summed E-state index contributed by atoms with van der Waals surface area (Å²) in [6.45, 7) is 2.20. The quantitative estimate of drug-likeness (QED) is 0.813. The van der Waals surface area contributed by atoms with Crippen LogP contribution in [0.2, 0.25) is 5.02 Å². The van der Waals surface area contributed by atoms with Crippen LogP contribution >= 0.6 is 11.6 Å². The number of rotatable bonds is 3. The summed E-state index contributed by atoms with van der Waals surface area (Å²) in [5, 5.41) is 0.520. The highest BCUT2D eigenvalue weighted by Gasteiger charge is 2.35. The largest absolute Gasteiger partial charge is 0.311 e. The molecule has 0 saturated carbocycles. The molecule has 7 heteroatoms. The van der Waals surface area contributed by atoms with Gasteiger partial charge >= 0.3 is 0 Å². The second-order valence-corrected chi connectivity index (χ2v) is 6.58. The molecular weight excluding hydrogens is 354 g/mol. The van der Waals surface area contributed by atoms with Gasteiger partial charge in [-0.1, -0.05) is 29.8 Å². The van der Waals surface area contributed by atoms with Crippen molar-refractivity contribution in [1.29, 1.82) is 0 Å². The number of anilines is 1. The van der Waals surface area contributed by atoms with Gasteiger partial charge in [0.25, 0.3) is 5.91 Å². The van der Waals surface area contributed by atoms with Crippen molar-refractivity contribution in [2.75, 3.05) is 11.4 Å². The summed E-state index contributed by atoms with van der Waals surface area (Å²) >= 11 is 5.78. The second-order valence-electron chi connectivity index (χ2n) is 6.14. The first-order valence-corrected chi connectivity index (χ1v) is 8.55. The summed E-state index contributed by atoms with van der Waals surface area (Å²) < 4.78 is 0. The van der Waals surface area contributed by atoms with Crippen molar-refractivity contribution >= 4 is 35.0 Å². The van der Waals surface area contributed by atoms with Crippen molar-refractivity contribution in [3.63, 3.8) is 0 Å². The number of nitrogens with zero attached hydrogens (tertiary/aromatic N) is 1. The maximum Gasteiger partial charge on any atom is 0.269 e. The topological polar surface area (TPSA) is 78.5 Å². The SMILES string of the molecule is Cc1ccccc1N1C[C@@H](C(=O)NNC(=O)c2ccc(Cl)cc2)CC1=O. The van der Waals surface area contributed by atoms with Gasteiger partial charge in [0.15, 0.2) is 0 Å². The third-order valence-corrected chi connectivity index (χ3v) is 4.56. The Morgan fingerprint density at radius 2 is 1.77 bits per heavy atom. The summed E-state index contributed by atoms with van der Waals surface area (Å²) in [4.78, 5) is 38.2. The summed E-state index contributed by atoms with van der Waals surface area (Å²) in [7, 11) is 0. The molecule has 1 fully saturated rings. The third-order valence-electron chi connectivity index (χ3n) is 4.31.